The number of carbonyl (C=O) groups is 2. The van der Waals surface area contributed by atoms with Crippen molar-refractivity contribution < 1.29 is 9.59 Å². The van der Waals surface area contributed by atoms with Crippen molar-refractivity contribution in [3.05, 3.63) is 41.2 Å². The molecule has 0 aliphatic carbocycles. The van der Waals surface area contributed by atoms with Crippen molar-refractivity contribution in [1.29, 1.82) is 0 Å². The number of H-pyrrole nitrogens is 1. The number of tetrazole rings is 1. The first-order valence-electron chi connectivity index (χ1n) is 9.21. The van der Waals surface area contributed by atoms with E-state index in [1.165, 1.54) is 0 Å². The maximum absolute atomic E-state index is 12.8. The summed E-state index contributed by atoms with van der Waals surface area (Å²) in [6.07, 6.45) is 1.01. The zero-order chi connectivity index (χ0) is 19.9. The average Bonchev–Trinajstić information content (AvgIpc) is 3.24. The standard InChI is InChI=1S/C18H23N7O2S/c1-18(2)14(15-21-23-24-22-15)25-16(27)13(17(25)28-18)20-12(26)9-11-5-3-4-10(8-11)6-7-19/h3-5,8,13-14,17H,6-7,9,19H2,1-2H3,(H,20,26)(H,21,22,23,24)/t13?,14?,17-/m0/s1. The molecule has 2 saturated heterocycles. The molecule has 2 aromatic rings. The Balaban J connectivity index is 1.42. The summed E-state index contributed by atoms with van der Waals surface area (Å²) in [5, 5.41) is 16.8. The molecule has 2 amide bonds. The van der Waals surface area contributed by atoms with Crippen molar-refractivity contribution in [3.63, 3.8) is 0 Å². The van der Waals surface area contributed by atoms with Gasteiger partial charge in [0.2, 0.25) is 11.8 Å². The lowest BCUT2D eigenvalue weighted by Crippen LogP contribution is -2.68. The Morgan fingerprint density at radius 3 is 2.89 bits per heavy atom. The zero-order valence-corrected chi connectivity index (χ0v) is 16.6. The monoisotopic (exact) mass is 401 g/mol. The number of nitrogens with two attached hydrogens (primary N) is 1. The maximum Gasteiger partial charge on any atom is 0.249 e. The highest BCUT2D eigenvalue weighted by Gasteiger charge is 2.63. The molecule has 2 unspecified atom stereocenters. The summed E-state index contributed by atoms with van der Waals surface area (Å²) in [5.41, 5.74) is 7.62. The second-order valence-electron chi connectivity index (χ2n) is 7.63. The van der Waals surface area contributed by atoms with Crippen LogP contribution in [0.25, 0.3) is 0 Å². The van der Waals surface area contributed by atoms with E-state index in [2.05, 4.69) is 39.8 Å². The molecule has 0 spiro atoms. The second kappa shape index (κ2) is 7.17. The fraction of sp³-hybridized carbons (Fsp3) is 0.500. The minimum Gasteiger partial charge on any atom is -0.341 e. The maximum atomic E-state index is 12.8. The number of rotatable bonds is 6. The van der Waals surface area contributed by atoms with E-state index in [1.807, 2.05) is 24.3 Å². The molecular formula is C18H23N7O2S. The first-order chi connectivity index (χ1) is 13.4. The fourth-order valence-corrected chi connectivity index (χ4v) is 5.58. The Hall–Kier alpha value is -2.46. The number of aromatic nitrogens is 4. The molecule has 4 rings (SSSR count). The normalized spacial score (nSPS) is 25.3. The Labute approximate surface area is 166 Å². The lowest BCUT2D eigenvalue weighted by atomic mass is 9.95. The number of nitrogens with one attached hydrogen (secondary N) is 2. The topological polar surface area (TPSA) is 130 Å². The summed E-state index contributed by atoms with van der Waals surface area (Å²) in [7, 11) is 0. The molecule has 9 nitrogen and oxygen atoms in total. The van der Waals surface area contributed by atoms with E-state index >= 15 is 0 Å². The van der Waals surface area contributed by atoms with Gasteiger partial charge in [0.15, 0.2) is 5.82 Å². The van der Waals surface area contributed by atoms with Crippen LogP contribution in [0.1, 0.15) is 36.8 Å². The molecule has 3 heterocycles. The van der Waals surface area contributed by atoms with Crippen LogP contribution in [-0.2, 0) is 22.4 Å². The van der Waals surface area contributed by atoms with Gasteiger partial charge in [0.1, 0.15) is 17.5 Å². The number of benzene rings is 1. The van der Waals surface area contributed by atoms with Crippen LogP contribution in [-0.4, -0.2) is 60.0 Å². The largest absolute Gasteiger partial charge is 0.341 e. The Kier molecular flexibility index (Phi) is 4.84. The Morgan fingerprint density at radius 2 is 2.18 bits per heavy atom. The number of carbonyl (C=O) groups excluding carboxylic acids is 2. The first kappa shape index (κ1) is 18.9. The highest BCUT2D eigenvalue weighted by atomic mass is 32.2. The minimum atomic E-state index is -0.523. The summed E-state index contributed by atoms with van der Waals surface area (Å²) in [4.78, 5) is 27.1. The third-order valence-electron chi connectivity index (χ3n) is 5.17. The number of hydrogen-bond donors (Lipinski definition) is 3. The molecular weight excluding hydrogens is 378 g/mol. The van der Waals surface area contributed by atoms with Crippen LogP contribution in [0.3, 0.4) is 0 Å². The Morgan fingerprint density at radius 1 is 1.39 bits per heavy atom. The van der Waals surface area contributed by atoms with Gasteiger partial charge in [0.25, 0.3) is 0 Å². The molecule has 28 heavy (non-hydrogen) atoms. The SMILES string of the molecule is CC1(C)S[C@H]2C(NC(=O)Cc3cccc(CCN)c3)C(=O)N2C1c1nnn[nH]1. The van der Waals surface area contributed by atoms with Crippen LogP contribution in [0.4, 0.5) is 0 Å². The fourth-order valence-electron chi connectivity index (χ4n) is 3.94. The van der Waals surface area contributed by atoms with Gasteiger partial charge in [0.05, 0.1) is 6.42 Å². The third-order valence-corrected chi connectivity index (χ3v) is 6.74. The number of aromatic amines is 1. The number of β-lactam (4-membered cyclic amide) rings is 1. The van der Waals surface area contributed by atoms with Gasteiger partial charge in [-0.3, -0.25) is 9.59 Å². The molecule has 0 radical (unpaired) electrons. The number of thioether (sulfide) groups is 1. The average molecular weight is 401 g/mol. The molecule has 0 saturated carbocycles. The van der Waals surface area contributed by atoms with Crippen LogP contribution in [0.2, 0.25) is 0 Å². The molecule has 2 aliphatic rings. The van der Waals surface area contributed by atoms with Crippen LogP contribution in [0.15, 0.2) is 24.3 Å². The lowest BCUT2D eigenvalue weighted by Gasteiger charge is -2.44. The number of hydrogen-bond acceptors (Lipinski definition) is 7. The number of amides is 2. The van der Waals surface area contributed by atoms with E-state index in [0.717, 1.165) is 17.5 Å². The van der Waals surface area contributed by atoms with Crippen LogP contribution in [0.5, 0.6) is 0 Å². The van der Waals surface area contributed by atoms with Crippen molar-refractivity contribution in [2.75, 3.05) is 6.54 Å². The lowest BCUT2D eigenvalue weighted by molar-refractivity contribution is -0.151. The van der Waals surface area contributed by atoms with E-state index in [1.54, 1.807) is 16.7 Å². The molecule has 10 heteroatoms. The van der Waals surface area contributed by atoms with E-state index in [0.29, 0.717) is 12.4 Å². The molecule has 2 aliphatic heterocycles. The molecule has 1 aromatic carbocycles. The molecule has 1 aromatic heterocycles. The van der Waals surface area contributed by atoms with Gasteiger partial charge in [-0.1, -0.05) is 24.3 Å². The van der Waals surface area contributed by atoms with E-state index in [9.17, 15) is 9.59 Å². The molecule has 0 bridgehead atoms. The third kappa shape index (κ3) is 3.26. The summed E-state index contributed by atoms with van der Waals surface area (Å²) in [6.45, 7) is 4.68. The van der Waals surface area contributed by atoms with Crippen LogP contribution < -0.4 is 11.1 Å². The van der Waals surface area contributed by atoms with E-state index in [-0.39, 0.29) is 34.4 Å². The van der Waals surface area contributed by atoms with Crippen molar-refractivity contribution >= 4 is 23.6 Å². The first-order valence-corrected chi connectivity index (χ1v) is 10.1. The molecule has 3 atom stereocenters. The van der Waals surface area contributed by atoms with Crippen LogP contribution in [0, 0.1) is 0 Å². The van der Waals surface area contributed by atoms with Gasteiger partial charge in [-0.2, -0.15) is 0 Å². The van der Waals surface area contributed by atoms with E-state index < -0.39 is 6.04 Å². The highest BCUT2D eigenvalue weighted by Crippen LogP contribution is 2.56. The van der Waals surface area contributed by atoms with Gasteiger partial charge in [-0.25, -0.2) is 5.10 Å². The minimum absolute atomic E-state index is 0.102. The van der Waals surface area contributed by atoms with Crippen molar-refractivity contribution in [2.24, 2.45) is 5.73 Å². The summed E-state index contributed by atoms with van der Waals surface area (Å²) < 4.78 is -0.266. The molecule has 2 fully saturated rings. The van der Waals surface area contributed by atoms with Gasteiger partial charge in [-0.15, -0.1) is 16.9 Å². The summed E-state index contributed by atoms with van der Waals surface area (Å²) >= 11 is 1.65. The predicted octanol–water partition coefficient (Wildman–Crippen LogP) is 0.163. The van der Waals surface area contributed by atoms with Gasteiger partial charge in [0, 0.05) is 4.75 Å². The smallest absolute Gasteiger partial charge is 0.249 e. The van der Waals surface area contributed by atoms with Gasteiger partial charge < -0.3 is 16.0 Å². The summed E-state index contributed by atoms with van der Waals surface area (Å²) in [6, 6.07) is 7.05. The number of fused-ring (bicyclic) bond motifs is 1. The quantitative estimate of drug-likeness (QED) is 0.588. The van der Waals surface area contributed by atoms with Gasteiger partial charge in [-0.05, 0) is 48.4 Å². The summed E-state index contributed by atoms with van der Waals surface area (Å²) in [5.74, 6) is 0.302. The zero-order valence-electron chi connectivity index (χ0n) is 15.8. The van der Waals surface area contributed by atoms with E-state index in [4.69, 9.17) is 5.73 Å². The predicted molar refractivity (Wildman–Crippen MR) is 104 cm³/mol. The second-order valence-corrected chi connectivity index (χ2v) is 9.40. The highest BCUT2D eigenvalue weighted by molar-refractivity contribution is 8.01. The Bertz CT molecular complexity index is 886. The van der Waals surface area contributed by atoms with Crippen molar-refractivity contribution in [3.8, 4) is 0 Å². The molecule has 4 N–H and O–H groups in total. The molecule has 148 valence electrons. The van der Waals surface area contributed by atoms with Crippen molar-refractivity contribution in [2.45, 2.75) is 48.9 Å². The van der Waals surface area contributed by atoms with Crippen molar-refractivity contribution in [1.82, 2.24) is 30.8 Å². The van der Waals surface area contributed by atoms with Gasteiger partial charge >= 0.3 is 0 Å². The van der Waals surface area contributed by atoms with Crippen LogP contribution >= 0.6 is 11.8 Å². The number of nitrogens with zero attached hydrogens (tertiary/aromatic N) is 4.